The molecular formula is C32H34O14. The quantitative estimate of drug-likeness (QED) is 0.312. The second kappa shape index (κ2) is 11.7. The van der Waals surface area contributed by atoms with Gasteiger partial charge in [-0.1, -0.05) is 6.07 Å². The molecule has 14 heteroatoms. The summed E-state index contributed by atoms with van der Waals surface area (Å²) in [6.07, 6.45) is -3.30. The van der Waals surface area contributed by atoms with Gasteiger partial charge in [0.15, 0.2) is 52.3 Å². The fourth-order valence-electron chi connectivity index (χ4n) is 6.35. The van der Waals surface area contributed by atoms with Gasteiger partial charge in [0.05, 0.1) is 60.3 Å². The lowest BCUT2D eigenvalue weighted by atomic mass is 9.85. The molecule has 0 amide bonds. The maximum absolute atomic E-state index is 11.9. The number of ether oxygens (including phenoxy) is 11. The summed E-state index contributed by atoms with van der Waals surface area (Å²) in [6, 6.07) is 9.81. The highest BCUT2D eigenvalue weighted by Crippen LogP contribution is 2.56. The van der Waals surface area contributed by atoms with Crippen LogP contribution in [0.1, 0.15) is 23.3 Å². The van der Waals surface area contributed by atoms with Crippen LogP contribution < -0.4 is 42.6 Å². The third-order valence-electron chi connectivity index (χ3n) is 8.71. The Morgan fingerprint density at radius 2 is 1.57 bits per heavy atom. The highest BCUT2D eigenvalue weighted by Gasteiger charge is 2.61. The average Bonchev–Trinajstić information content (AvgIpc) is 3.77. The normalized spacial score (nSPS) is 27.2. The van der Waals surface area contributed by atoms with E-state index >= 15 is 0 Å². The van der Waals surface area contributed by atoms with Crippen molar-refractivity contribution in [2.24, 2.45) is 5.92 Å². The molecule has 3 aromatic rings. The average molecular weight is 643 g/mol. The number of benzene rings is 3. The van der Waals surface area contributed by atoms with Gasteiger partial charge in [-0.3, -0.25) is 0 Å². The van der Waals surface area contributed by atoms with Crippen LogP contribution in [0, 0.1) is 5.92 Å². The van der Waals surface area contributed by atoms with Gasteiger partial charge in [-0.2, -0.15) is 0 Å². The summed E-state index contributed by atoms with van der Waals surface area (Å²) in [5.74, 6) is 2.38. The smallest absolute Gasteiger partial charge is 0.232 e. The van der Waals surface area contributed by atoms with Crippen molar-refractivity contribution in [2.75, 3.05) is 55.1 Å². The first-order chi connectivity index (χ1) is 22.3. The molecule has 3 aromatic carbocycles. The summed E-state index contributed by atoms with van der Waals surface area (Å²) in [4.78, 5) is 0. The standard InChI is InChI=1S/C32H34O14/c1-36-19-9-22-21(44-25(11-33)26(45-22)15-5-6-18(34)20(7-15)37-2)8-16(19)27-17-12-40-31(32(17,35)13-41-27)46-29-23(38-3)10-24-28(30(29)39-4)43-14-42-24/h5-10,17,25-27,31,33-35H,11-14H2,1-4H3/t17-,25-,26-,27-,31-,32-/m1/s1. The number of phenols is 1. The van der Waals surface area contributed by atoms with Crippen LogP contribution in [-0.2, 0) is 9.47 Å². The zero-order valence-electron chi connectivity index (χ0n) is 25.5. The van der Waals surface area contributed by atoms with Gasteiger partial charge in [0.2, 0.25) is 30.3 Å². The summed E-state index contributed by atoms with van der Waals surface area (Å²) >= 11 is 0. The zero-order chi connectivity index (χ0) is 32.2. The molecule has 0 spiro atoms. The number of hydrogen-bond acceptors (Lipinski definition) is 14. The number of rotatable bonds is 9. The minimum absolute atomic E-state index is 0.0163. The molecule has 4 aliphatic heterocycles. The predicted octanol–water partition coefficient (Wildman–Crippen LogP) is 2.88. The largest absolute Gasteiger partial charge is 0.504 e. The van der Waals surface area contributed by atoms with E-state index in [0.29, 0.717) is 45.6 Å². The van der Waals surface area contributed by atoms with E-state index in [2.05, 4.69) is 0 Å². The third kappa shape index (κ3) is 4.71. The van der Waals surface area contributed by atoms with Crippen molar-refractivity contribution < 1.29 is 67.4 Å². The van der Waals surface area contributed by atoms with Gasteiger partial charge in [0.25, 0.3) is 0 Å². The predicted molar refractivity (Wildman–Crippen MR) is 156 cm³/mol. The van der Waals surface area contributed by atoms with E-state index < -0.39 is 36.1 Å². The maximum atomic E-state index is 11.9. The SMILES string of the molecule is COc1cc([C@H]2Oc3cc(OC)c([C@H]4OC[C@]5(O)[C@@H](Oc6c(OC)cc7c(c6OC)OCO7)OC[C@H]45)cc3O[C@@H]2CO)ccc1O. The van der Waals surface area contributed by atoms with Crippen LogP contribution in [0.4, 0.5) is 0 Å². The lowest BCUT2D eigenvalue weighted by molar-refractivity contribution is -0.153. The summed E-state index contributed by atoms with van der Waals surface area (Å²) in [7, 11) is 5.91. The molecule has 0 aliphatic carbocycles. The molecule has 7 rings (SSSR count). The van der Waals surface area contributed by atoms with Crippen molar-refractivity contribution in [3.05, 3.63) is 47.5 Å². The number of phenolic OH excluding ortho intramolecular Hbond substituents is 1. The molecule has 14 nitrogen and oxygen atoms in total. The van der Waals surface area contributed by atoms with E-state index in [4.69, 9.17) is 52.1 Å². The molecule has 3 N–H and O–H groups in total. The first-order valence-electron chi connectivity index (χ1n) is 14.5. The molecule has 246 valence electrons. The lowest BCUT2D eigenvalue weighted by Crippen LogP contribution is -2.47. The highest BCUT2D eigenvalue weighted by molar-refractivity contribution is 5.66. The van der Waals surface area contributed by atoms with Crippen LogP contribution in [0.3, 0.4) is 0 Å². The van der Waals surface area contributed by atoms with E-state index in [-0.39, 0.29) is 49.6 Å². The van der Waals surface area contributed by atoms with E-state index in [1.54, 1.807) is 30.3 Å². The molecule has 6 atom stereocenters. The number of fused-ring (bicyclic) bond motifs is 3. The van der Waals surface area contributed by atoms with Crippen LogP contribution in [0.25, 0.3) is 0 Å². The number of aromatic hydroxyl groups is 1. The molecule has 4 heterocycles. The zero-order valence-corrected chi connectivity index (χ0v) is 25.5. The summed E-state index contributed by atoms with van der Waals surface area (Å²) in [5.41, 5.74) is -0.336. The van der Waals surface area contributed by atoms with Crippen molar-refractivity contribution >= 4 is 0 Å². The Kier molecular flexibility index (Phi) is 7.67. The Bertz CT molecular complexity index is 1630. The monoisotopic (exact) mass is 642 g/mol. The molecule has 2 fully saturated rings. The molecular weight excluding hydrogens is 608 g/mol. The van der Waals surface area contributed by atoms with Gasteiger partial charge in [0.1, 0.15) is 5.75 Å². The fraction of sp³-hybridized carbons (Fsp3) is 0.438. The van der Waals surface area contributed by atoms with Crippen molar-refractivity contribution in [2.45, 2.75) is 30.2 Å². The number of aliphatic hydroxyl groups excluding tert-OH is 1. The van der Waals surface area contributed by atoms with Crippen LogP contribution in [0.5, 0.6) is 57.5 Å². The van der Waals surface area contributed by atoms with Crippen molar-refractivity contribution in [3.63, 3.8) is 0 Å². The molecule has 0 unspecified atom stereocenters. The van der Waals surface area contributed by atoms with Crippen molar-refractivity contribution in [3.8, 4) is 57.5 Å². The van der Waals surface area contributed by atoms with Crippen LogP contribution in [-0.4, -0.2) is 88.4 Å². The first kappa shape index (κ1) is 30.2. The van der Waals surface area contributed by atoms with E-state index in [9.17, 15) is 15.3 Å². The molecule has 46 heavy (non-hydrogen) atoms. The van der Waals surface area contributed by atoms with Gasteiger partial charge < -0.3 is 67.4 Å². The van der Waals surface area contributed by atoms with Gasteiger partial charge in [-0.15, -0.1) is 0 Å². The Hall–Kier alpha value is -4.50. The van der Waals surface area contributed by atoms with Crippen molar-refractivity contribution in [1.82, 2.24) is 0 Å². The molecule has 0 aromatic heterocycles. The Labute approximate surface area is 263 Å². The molecule has 4 aliphatic rings. The van der Waals surface area contributed by atoms with E-state index in [1.807, 2.05) is 0 Å². The topological polar surface area (TPSA) is 162 Å². The fourth-order valence-corrected chi connectivity index (χ4v) is 6.35. The second-order valence-corrected chi connectivity index (χ2v) is 11.1. The number of methoxy groups -OCH3 is 4. The molecule has 2 saturated heterocycles. The molecule has 0 radical (unpaired) electrons. The summed E-state index contributed by atoms with van der Waals surface area (Å²) < 4.78 is 64.1. The Morgan fingerprint density at radius 1 is 0.804 bits per heavy atom. The number of hydrogen-bond donors (Lipinski definition) is 3. The molecule has 0 saturated carbocycles. The van der Waals surface area contributed by atoms with Gasteiger partial charge in [-0.25, -0.2) is 0 Å². The van der Waals surface area contributed by atoms with Gasteiger partial charge in [-0.05, 0) is 18.2 Å². The van der Waals surface area contributed by atoms with Crippen LogP contribution in [0.2, 0.25) is 0 Å². The Balaban J connectivity index is 1.17. The van der Waals surface area contributed by atoms with E-state index in [0.717, 1.165) is 0 Å². The van der Waals surface area contributed by atoms with Crippen molar-refractivity contribution in [1.29, 1.82) is 0 Å². The van der Waals surface area contributed by atoms with E-state index in [1.165, 1.54) is 34.5 Å². The summed E-state index contributed by atoms with van der Waals surface area (Å²) in [5, 5.41) is 32.2. The highest BCUT2D eigenvalue weighted by atomic mass is 16.7. The first-order valence-corrected chi connectivity index (χ1v) is 14.5. The Morgan fingerprint density at radius 3 is 2.30 bits per heavy atom. The summed E-state index contributed by atoms with van der Waals surface area (Å²) in [6.45, 7) is -0.342. The minimum Gasteiger partial charge on any atom is -0.504 e. The van der Waals surface area contributed by atoms with Gasteiger partial charge >= 0.3 is 0 Å². The second-order valence-electron chi connectivity index (χ2n) is 11.1. The van der Waals surface area contributed by atoms with Gasteiger partial charge in [0, 0.05) is 23.3 Å². The minimum atomic E-state index is -1.56. The number of aliphatic hydroxyl groups is 2. The third-order valence-corrected chi connectivity index (χ3v) is 8.71. The van der Waals surface area contributed by atoms with Crippen LogP contribution >= 0.6 is 0 Å². The molecule has 0 bridgehead atoms. The van der Waals surface area contributed by atoms with Crippen LogP contribution in [0.15, 0.2) is 36.4 Å². The maximum Gasteiger partial charge on any atom is 0.232 e. The lowest BCUT2D eigenvalue weighted by Gasteiger charge is -2.34.